The average Bonchev–Trinajstić information content (AvgIpc) is 3.13. The minimum Gasteiger partial charge on any atom is -0.348 e. The molecule has 1 fully saturated rings. The molecule has 6 heteroatoms. The molecular weight excluding hydrogens is 292 g/mol. The predicted octanol–water partition coefficient (Wildman–Crippen LogP) is 2.86. The molecule has 23 heavy (non-hydrogen) atoms. The smallest absolute Gasteiger partial charge is 0.271 e. The molecule has 2 aromatic heterocycles. The minimum absolute atomic E-state index is 0.0219. The molecule has 1 aliphatic carbocycles. The summed E-state index contributed by atoms with van der Waals surface area (Å²) in [6.07, 6.45) is 7.40. The fraction of sp³-hybridized carbons (Fsp3) is 0.529. The van der Waals surface area contributed by atoms with Crippen molar-refractivity contribution in [2.45, 2.75) is 52.5 Å². The summed E-state index contributed by atoms with van der Waals surface area (Å²) < 4.78 is 0. The largest absolute Gasteiger partial charge is 0.348 e. The van der Waals surface area contributed by atoms with Crippen LogP contribution in [0.1, 0.15) is 67.3 Å². The zero-order chi connectivity index (χ0) is 16.6. The van der Waals surface area contributed by atoms with Crippen molar-refractivity contribution in [1.82, 2.24) is 20.3 Å². The standard InChI is InChI=1S/C17H22N4O2/c1-17(2,3)14(22)11-8-18-15-13(11)21-12(9-19-15)16(23)20-10-6-4-5-7-10/h8-10H,4-7H2,1-3H3,(H,18,19)(H,20,23). The summed E-state index contributed by atoms with van der Waals surface area (Å²) in [5.74, 6) is -0.243. The molecule has 6 nitrogen and oxygen atoms in total. The number of aromatic nitrogens is 3. The van der Waals surface area contributed by atoms with Crippen molar-refractivity contribution < 1.29 is 9.59 Å². The lowest BCUT2D eigenvalue weighted by Crippen LogP contribution is -2.33. The van der Waals surface area contributed by atoms with Crippen molar-refractivity contribution >= 4 is 22.9 Å². The normalized spacial score (nSPS) is 16.0. The Hall–Kier alpha value is -2.24. The first kappa shape index (κ1) is 15.6. The molecule has 0 bridgehead atoms. The van der Waals surface area contributed by atoms with Gasteiger partial charge in [0.15, 0.2) is 11.4 Å². The first-order valence-corrected chi connectivity index (χ1v) is 8.06. The van der Waals surface area contributed by atoms with Gasteiger partial charge in [-0.1, -0.05) is 33.6 Å². The van der Waals surface area contributed by atoms with Crippen molar-refractivity contribution in [1.29, 1.82) is 0 Å². The van der Waals surface area contributed by atoms with Gasteiger partial charge < -0.3 is 10.3 Å². The number of hydrogen-bond donors (Lipinski definition) is 2. The van der Waals surface area contributed by atoms with E-state index < -0.39 is 5.41 Å². The van der Waals surface area contributed by atoms with Crippen molar-refractivity contribution in [2.75, 3.05) is 0 Å². The molecule has 0 aromatic carbocycles. The topological polar surface area (TPSA) is 87.7 Å². The minimum atomic E-state index is -0.515. The summed E-state index contributed by atoms with van der Waals surface area (Å²) in [6.45, 7) is 5.58. The molecule has 2 N–H and O–H groups in total. The number of fused-ring (bicyclic) bond motifs is 1. The number of rotatable bonds is 3. The second-order valence-corrected chi connectivity index (χ2v) is 7.19. The van der Waals surface area contributed by atoms with E-state index in [-0.39, 0.29) is 23.4 Å². The zero-order valence-electron chi connectivity index (χ0n) is 13.8. The maximum absolute atomic E-state index is 12.5. The number of nitrogens with one attached hydrogen (secondary N) is 2. The van der Waals surface area contributed by atoms with Crippen LogP contribution in [0.3, 0.4) is 0 Å². The highest BCUT2D eigenvalue weighted by molar-refractivity contribution is 6.08. The van der Waals surface area contributed by atoms with E-state index in [4.69, 9.17) is 0 Å². The Balaban J connectivity index is 1.91. The summed E-state index contributed by atoms with van der Waals surface area (Å²) in [7, 11) is 0. The van der Waals surface area contributed by atoms with Gasteiger partial charge in [0, 0.05) is 17.7 Å². The SMILES string of the molecule is CC(C)(C)C(=O)c1c[nH]c2ncc(C(=O)NC3CCCC3)nc12. The van der Waals surface area contributed by atoms with Crippen LogP contribution in [-0.4, -0.2) is 32.7 Å². The summed E-state index contributed by atoms with van der Waals surface area (Å²) in [6, 6.07) is 0.224. The molecule has 2 aromatic rings. The monoisotopic (exact) mass is 314 g/mol. The first-order valence-electron chi connectivity index (χ1n) is 8.06. The van der Waals surface area contributed by atoms with Crippen molar-refractivity contribution in [3.63, 3.8) is 0 Å². The Morgan fingerprint density at radius 1 is 1.26 bits per heavy atom. The Kier molecular flexibility index (Phi) is 3.92. The third-order valence-corrected chi connectivity index (χ3v) is 4.23. The lowest BCUT2D eigenvalue weighted by Gasteiger charge is -2.15. The average molecular weight is 314 g/mol. The van der Waals surface area contributed by atoms with Crippen LogP contribution in [0.5, 0.6) is 0 Å². The van der Waals surface area contributed by atoms with E-state index in [1.165, 1.54) is 6.20 Å². The van der Waals surface area contributed by atoms with Gasteiger partial charge in [-0.3, -0.25) is 9.59 Å². The summed E-state index contributed by atoms with van der Waals surface area (Å²) >= 11 is 0. The van der Waals surface area contributed by atoms with E-state index in [9.17, 15) is 9.59 Å². The molecule has 0 spiro atoms. The van der Waals surface area contributed by atoms with E-state index in [1.54, 1.807) is 6.20 Å². The van der Waals surface area contributed by atoms with Gasteiger partial charge in [0.2, 0.25) is 0 Å². The molecule has 122 valence electrons. The summed E-state index contributed by atoms with van der Waals surface area (Å²) in [5, 5.41) is 2.99. The summed E-state index contributed by atoms with van der Waals surface area (Å²) in [5.41, 5.74) is 1.21. The number of carbonyl (C=O) groups excluding carboxylic acids is 2. The van der Waals surface area contributed by atoms with E-state index in [2.05, 4.69) is 20.3 Å². The lowest BCUT2D eigenvalue weighted by atomic mass is 9.87. The molecule has 0 radical (unpaired) electrons. The maximum Gasteiger partial charge on any atom is 0.271 e. The molecular formula is C17H22N4O2. The molecule has 0 atom stereocenters. The highest BCUT2D eigenvalue weighted by atomic mass is 16.2. The van der Waals surface area contributed by atoms with Crippen molar-refractivity contribution in [3.8, 4) is 0 Å². The highest BCUT2D eigenvalue weighted by Gasteiger charge is 2.27. The van der Waals surface area contributed by atoms with Crippen LogP contribution in [-0.2, 0) is 0 Å². The third-order valence-electron chi connectivity index (χ3n) is 4.23. The zero-order valence-corrected chi connectivity index (χ0v) is 13.8. The van der Waals surface area contributed by atoms with E-state index in [1.807, 2.05) is 20.8 Å². The second kappa shape index (κ2) is 5.76. The van der Waals surface area contributed by atoms with Gasteiger partial charge in [0.25, 0.3) is 5.91 Å². The van der Waals surface area contributed by atoms with Crippen LogP contribution in [0.2, 0.25) is 0 Å². The van der Waals surface area contributed by atoms with Gasteiger partial charge in [-0.05, 0) is 12.8 Å². The van der Waals surface area contributed by atoms with E-state index in [0.29, 0.717) is 16.7 Å². The van der Waals surface area contributed by atoms with Gasteiger partial charge in [-0.15, -0.1) is 0 Å². The number of hydrogen-bond acceptors (Lipinski definition) is 4. The van der Waals surface area contributed by atoms with Gasteiger partial charge in [0.05, 0.1) is 11.8 Å². The Morgan fingerprint density at radius 3 is 2.61 bits per heavy atom. The van der Waals surface area contributed by atoms with Crippen LogP contribution < -0.4 is 5.32 Å². The predicted molar refractivity (Wildman–Crippen MR) is 87.4 cm³/mol. The number of aromatic amines is 1. The first-order chi connectivity index (χ1) is 10.9. The molecule has 3 rings (SSSR count). The van der Waals surface area contributed by atoms with Gasteiger partial charge in [-0.2, -0.15) is 0 Å². The maximum atomic E-state index is 12.5. The fourth-order valence-corrected chi connectivity index (χ4v) is 2.91. The molecule has 0 aliphatic heterocycles. The molecule has 2 heterocycles. The second-order valence-electron chi connectivity index (χ2n) is 7.19. The van der Waals surface area contributed by atoms with Crippen LogP contribution in [0, 0.1) is 5.41 Å². The van der Waals surface area contributed by atoms with Crippen LogP contribution in [0.25, 0.3) is 11.2 Å². The van der Waals surface area contributed by atoms with Crippen LogP contribution >= 0.6 is 0 Å². The molecule has 0 unspecified atom stereocenters. The van der Waals surface area contributed by atoms with Crippen molar-refractivity contribution in [2.24, 2.45) is 5.41 Å². The Bertz CT molecular complexity index is 752. The number of nitrogens with zero attached hydrogens (tertiary/aromatic N) is 2. The fourth-order valence-electron chi connectivity index (χ4n) is 2.91. The van der Waals surface area contributed by atoms with Crippen LogP contribution in [0.15, 0.2) is 12.4 Å². The Morgan fingerprint density at radius 2 is 1.96 bits per heavy atom. The lowest BCUT2D eigenvalue weighted by molar-refractivity contribution is 0.0858. The summed E-state index contributed by atoms with van der Waals surface area (Å²) in [4.78, 5) is 36.4. The Labute approximate surface area is 135 Å². The molecule has 0 saturated heterocycles. The molecule has 1 aliphatic rings. The van der Waals surface area contributed by atoms with E-state index in [0.717, 1.165) is 25.7 Å². The highest BCUT2D eigenvalue weighted by Crippen LogP contribution is 2.25. The van der Waals surface area contributed by atoms with Crippen LogP contribution in [0.4, 0.5) is 0 Å². The number of ketones is 1. The number of amides is 1. The molecule has 1 amide bonds. The van der Waals surface area contributed by atoms with Gasteiger partial charge >= 0.3 is 0 Å². The molecule has 1 saturated carbocycles. The number of H-pyrrole nitrogens is 1. The number of Topliss-reactive ketones (excluding diaryl/α,β-unsaturated/α-hetero) is 1. The third kappa shape index (κ3) is 3.11. The van der Waals surface area contributed by atoms with Gasteiger partial charge in [-0.25, -0.2) is 9.97 Å². The van der Waals surface area contributed by atoms with Crippen molar-refractivity contribution in [3.05, 3.63) is 23.7 Å². The quantitative estimate of drug-likeness (QED) is 0.853. The van der Waals surface area contributed by atoms with E-state index >= 15 is 0 Å². The van der Waals surface area contributed by atoms with Gasteiger partial charge in [0.1, 0.15) is 11.2 Å². The number of carbonyl (C=O) groups is 2.